The second-order valence-electron chi connectivity index (χ2n) is 9.37. The number of aromatic nitrogens is 1. The molecule has 1 saturated carbocycles. The minimum absolute atomic E-state index is 0.0396. The molecule has 2 aromatic carbocycles. The Morgan fingerprint density at radius 1 is 1.03 bits per heavy atom. The van der Waals surface area contributed by atoms with E-state index in [9.17, 15) is 14.4 Å². The molecule has 1 aliphatic carbocycles. The van der Waals surface area contributed by atoms with E-state index in [0.717, 1.165) is 17.9 Å². The molecule has 11 heteroatoms. The second-order valence-corrected chi connectivity index (χ2v) is 10.2. The van der Waals surface area contributed by atoms with Crippen molar-refractivity contribution in [1.29, 1.82) is 0 Å². The lowest BCUT2D eigenvalue weighted by Crippen LogP contribution is -2.45. The van der Waals surface area contributed by atoms with Crippen molar-refractivity contribution >= 4 is 52.4 Å². The summed E-state index contributed by atoms with van der Waals surface area (Å²) in [5.74, 6) is -1.45. The molecule has 5 rings (SSSR count). The van der Waals surface area contributed by atoms with Crippen molar-refractivity contribution < 1.29 is 24.2 Å². The average Bonchev–Trinajstić information content (AvgIpc) is 3.78. The Kier molecular flexibility index (Phi) is 7.90. The number of nitrogens with one attached hydrogen (secondary N) is 1. The molecular weight excluding hydrogens is 543 g/mol. The summed E-state index contributed by atoms with van der Waals surface area (Å²) in [6, 6.07) is 14.9. The Balaban J connectivity index is 1.33. The minimum Gasteiger partial charge on any atom is -0.480 e. The molecule has 0 unspecified atom stereocenters. The molecular formula is C28H26Cl2N4O5. The third-order valence-electron chi connectivity index (χ3n) is 6.65. The number of carbonyl (C=O) groups excluding carboxylic acids is 2. The van der Waals surface area contributed by atoms with Gasteiger partial charge in [0.05, 0.1) is 16.4 Å². The average molecular weight is 569 g/mol. The maximum Gasteiger partial charge on any atom is 0.322 e. The Labute approximate surface area is 235 Å². The van der Waals surface area contributed by atoms with Crippen LogP contribution in [0.15, 0.2) is 54.7 Å². The van der Waals surface area contributed by atoms with Gasteiger partial charge in [0.15, 0.2) is 0 Å². The van der Waals surface area contributed by atoms with Gasteiger partial charge >= 0.3 is 5.97 Å². The van der Waals surface area contributed by atoms with Crippen molar-refractivity contribution in [3.8, 4) is 11.6 Å². The van der Waals surface area contributed by atoms with Crippen molar-refractivity contribution in [3.63, 3.8) is 0 Å². The summed E-state index contributed by atoms with van der Waals surface area (Å²) in [6.07, 6.45) is 4.16. The van der Waals surface area contributed by atoms with Gasteiger partial charge in [-0.25, -0.2) is 4.98 Å². The summed E-state index contributed by atoms with van der Waals surface area (Å²) >= 11 is 12.9. The molecule has 0 bridgehead atoms. The van der Waals surface area contributed by atoms with E-state index in [2.05, 4.69) is 15.2 Å². The zero-order valence-electron chi connectivity index (χ0n) is 20.9. The molecule has 0 saturated heterocycles. The number of carboxylic acids is 1. The maximum absolute atomic E-state index is 13.8. The quantitative estimate of drug-likeness (QED) is 0.375. The number of aryl methyl sites for hydroxylation is 1. The molecule has 1 aromatic heterocycles. The van der Waals surface area contributed by atoms with Crippen LogP contribution in [-0.4, -0.2) is 53.6 Å². The first-order chi connectivity index (χ1) is 18.8. The molecule has 1 aliphatic heterocycles. The summed E-state index contributed by atoms with van der Waals surface area (Å²) in [5, 5.41) is 11.5. The van der Waals surface area contributed by atoms with Crippen LogP contribution in [0.1, 0.15) is 35.2 Å². The number of benzene rings is 2. The molecule has 2 N–H and O–H groups in total. The van der Waals surface area contributed by atoms with Gasteiger partial charge in [0.25, 0.3) is 5.91 Å². The van der Waals surface area contributed by atoms with Gasteiger partial charge < -0.3 is 25.0 Å². The molecule has 3 aromatic rings. The highest BCUT2D eigenvalue weighted by Crippen LogP contribution is 2.41. The fourth-order valence-corrected chi connectivity index (χ4v) is 5.07. The number of anilines is 2. The first-order valence-corrected chi connectivity index (χ1v) is 13.3. The number of para-hydroxylation sites is 2. The number of hydrogen-bond donors (Lipinski definition) is 2. The number of nitrogens with zero attached hydrogens (tertiary/aromatic N) is 3. The normalized spacial score (nSPS) is 14.5. The number of carbonyl (C=O) groups is 3. The molecule has 9 nitrogen and oxygen atoms in total. The Bertz CT molecular complexity index is 1430. The van der Waals surface area contributed by atoms with Crippen molar-refractivity contribution in [2.24, 2.45) is 0 Å². The molecule has 1 fully saturated rings. The van der Waals surface area contributed by atoms with Crippen LogP contribution in [0.5, 0.6) is 11.6 Å². The van der Waals surface area contributed by atoms with Gasteiger partial charge in [-0.05, 0) is 55.2 Å². The van der Waals surface area contributed by atoms with Crippen LogP contribution in [0.3, 0.4) is 0 Å². The van der Waals surface area contributed by atoms with Crippen molar-refractivity contribution in [1.82, 2.24) is 10.3 Å². The van der Waals surface area contributed by atoms with Gasteiger partial charge in [0, 0.05) is 42.8 Å². The maximum atomic E-state index is 13.8. The van der Waals surface area contributed by atoms with Crippen molar-refractivity contribution in [2.45, 2.75) is 31.7 Å². The molecule has 2 aliphatic rings. The van der Waals surface area contributed by atoms with Gasteiger partial charge in [-0.3, -0.25) is 14.4 Å². The van der Waals surface area contributed by atoms with Gasteiger partial charge in [-0.15, -0.1) is 0 Å². The van der Waals surface area contributed by atoms with E-state index in [1.54, 1.807) is 23.1 Å². The molecule has 0 spiro atoms. The Hall–Kier alpha value is -3.82. The van der Waals surface area contributed by atoms with Crippen LogP contribution >= 0.6 is 23.2 Å². The van der Waals surface area contributed by atoms with Gasteiger partial charge in [0.2, 0.25) is 11.8 Å². The second kappa shape index (κ2) is 11.5. The van der Waals surface area contributed by atoms with E-state index in [-0.39, 0.29) is 35.4 Å². The molecule has 0 atom stereocenters. The lowest BCUT2D eigenvalue weighted by molar-refractivity contribution is -0.137. The third kappa shape index (κ3) is 6.10. The fraction of sp³-hybridized carbons (Fsp3) is 0.286. The summed E-state index contributed by atoms with van der Waals surface area (Å²) in [5.41, 5.74) is 2.79. The minimum atomic E-state index is -1.12. The van der Waals surface area contributed by atoms with Crippen LogP contribution < -0.4 is 19.9 Å². The number of hydrogen-bond acceptors (Lipinski definition) is 6. The van der Waals surface area contributed by atoms with E-state index >= 15 is 0 Å². The number of halogens is 2. The molecule has 2 amide bonds. The van der Waals surface area contributed by atoms with E-state index < -0.39 is 18.4 Å². The van der Waals surface area contributed by atoms with Crippen molar-refractivity contribution in [2.75, 3.05) is 29.4 Å². The highest BCUT2D eigenvalue weighted by Gasteiger charge is 2.36. The number of pyridine rings is 1. The molecule has 2 heterocycles. The lowest BCUT2D eigenvalue weighted by atomic mass is 10.1. The summed E-state index contributed by atoms with van der Waals surface area (Å²) in [6.45, 7) is 0.843. The zero-order chi connectivity index (χ0) is 27.5. The van der Waals surface area contributed by atoms with Gasteiger partial charge in [-0.1, -0.05) is 35.3 Å². The van der Waals surface area contributed by atoms with Crippen LogP contribution in [0.2, 0.25) is 10.0 Å². The predicted molar refractivity (Wildman–Crippen MR) is 148 cm³/mol. The molecule has 202 valence electrons. The SMILES string of the molecule is O=C(O)CNC(=O)CCc1cc(Cl)c(Oc2ncccc2C(=O)N2CCN(C3CC3)c3ccccc32)cc1Cl. The van der Waals surface area contributed by atoms with Crippen LogP contribution in [0.25, 0.3) is 0 Å². The van der Waals surface area contributed by atoms with E-state index in [0.29, 0.717) is 28.7 Å². The fourth-order valence-electron chi connectivity index (χ4n) is 4.60. The predicted octanol–water partition coefficient (Wildman–Crippen LogP) is 4.94. The van der Waals surface area contributed by atoms with E-state index in [1.165, 1.54) is 25.1 Å². The standard InChI is InChI=1S/C28H26Cl2N4O5/c29-20-15-24(21(30)14-17(20)7-10-25(35)32-16-26(36)37)39-27-19(4-3-11-31-27)28(38)34-13-12-33(18-8-9-18)22-5-1-2-6-23(22)34/h1-6,11,14-15,18H,7-10,12-13,16H2,(H,32,35)(H,36,37). The van der Waals surface area contributed by atoms with Crippen LogP contribution in [0, 0.1) is 0 Å². The van der Waals surface area contributed by atoms with Gasteiger partial charge in [0.1, 0.15) is 17.9 Å². The molecule has 0 radical (unpaired) electrons. The largest absolute Gasteiger partial charge is 0.480 e. The third-order valence-corrected chi connectivity index (χ3v) is 7.29. The monoisotopic (exact) mass is 568 g/mol. The smallest absolute Gasteiger partial charge is 0.322 e. The number of fused-ring (bicyclic) bond motifs is 1. The van der Waals surface area contributed by atoms with E-state index in [1.807, 2.05) is 24.3 Å². The lowest BCUT2D eigenvalue weighted by Gasteiger charge is -2.38. The van der Waals surface area contributed by atoms with Crippen LogP contribution in [0.4, 0.5) is 11.4 Å². The summed E-state index contributed by atoms with van der Waals surface area (Å²) in [7, 11) is 0. The number of carboxylic acid groups (broad SMARTS) is 1. The summed E-state index contributed by atoms with van der Waals surface area (Å²) < 4.78 is 6.01. The number of amides is 2. The summed E-state index contributed by atoms with van der Waals surface area (Å²) in [4.78, 5) is 44.7. The first-order valence-electron chi connectivity index (χ1n) is 12.6. The number of ether oxygens (including phenoxy) is 1. The Morgan fingerprint density at radius 3 is 2.54 bits per heavy atom. The number of rotatable bonds is 9. The topological polar surface area (TPSA) is 112 Å². The van der Waals surface area contributed by atoms with Gasteiger partial charge in [-0.2, -0.15) is 0 Å². The highest BCUT2D eigenvalue weighted by molar-refractivity contribution is 6.34. The van der Waals surface area contributed by atoms with E-state index in [4.69, 9.17) is 33.0 Å². The highest BCUT2D eigenvalue weighted by atomic mass is 35.5. The molecule has 39 heavy (non-hydrogen) atoms. The number of aliphatic carboxylic acids is 1. The van der Waals surface area contributed by atoms with Crippen molar-refractivity contribution in [3.05, 3.63) is 75.9 Å². The Morgan fingerprint density at radius 2 is 1.79 bits per heavy atom. The van der Waals surface area contributed by atoms with Crippen LogP contribution in [-0.2, 0) is 16.0 Å². The first kappa shape index (κ1) is 26.8. The zero-order valence-corrected chi connectivity index (χ0v) is 22.4.